The predicted molar refractivity (Wildman–Crippen MR) is 361 cm³/mol. The van der Waals surface area contributed by atoms with E-state index >= 15 is 0 Å². The third-order valence-electron chi connectivity index (χ3n) is 16.6. The van der Waals surface area contributed by atoms with Crippen LogP contribution in [0.4, 0.5) is 0 Å². The molecule has 0 aromatic carbocycles. The van der Waals surface area contributed by atoms with Crippen molar-refractivity contribution in [3.63, 3.8) is 0 Å². The van der Waals surface area contributed by atoms with E-state index in [0.29, 0.717) is 0 Å². The van der Waals surface area contributed by atoms with Crippen LogP contribution in [0.15, 0.2) is 0 Å². The highest BCUT2D eigenvalue weighted by atomic mass is 16.7. The lowest BCUT2D eigenvalue weighted by Crippen LogP contribution is -2.70. The smallest absolute Gasteiger partial charge is 0.317 e. The zero-order chi connectivity index (χ0) is 84.8. The fraction of sp³-hybridized carbons (Fsp3) is 0.750. The minimum atomic E-state index is -2.52. The van der Waals surface area contributed by atoms with Gasteiger partial charge in [-0.25, -0.2) is 0 Å². The summed E-state index contributed by atoms with van der Waals surface area (Å²) in [7, 11) is 0. The summed E-state index contributed by atoms with van der Waals surface area (Å²) < 4.78 is 23.8. The lowest BCUT2D eigenvalue weighted by atomic mass is 9.94. The molecule has 0 unspecified atom stereocenters. The summed E-state index contributed by atoms with van der Waals surface area (Å²) in [6.45, 7) is -23.2. The molecule has 2 fully saturated rings. The van der Waals surface area contributed by atoms with Crippen molar-refractivity contribution < 1.29 is 198 Å². The standard InChI is InChI=1S/C60H100N12O40/c73-28-32(61-36(78)13-67(19-42(87)88)7-1-64(16-39(81)82)4-10-70(22-45(93)94)23-46(95)96)53(105)57(33(77)29-74)111-60-52(63-38(80)15-69(21-44(91)92)9-3-66(18-41(85)86)6-12-72(26-49(101)102)27-50(103)104)56(108)58(35(31-76)110-60)112-59-51(55(107)54(106)34(30-75)109-59)62-37(79)14-68(20-43(89)90)8-2-65(17-40(83)84)5-11-71(24-47(97)98)25-48(99)100/h32-35,51-60,73-77,105-108H,1-31H2,(H,61,78)(H,62,79)(H,63,80)(H,81,82)(H,83,84)(H,85,86)(H,87,88)(H,89,90)(H,91,92)(H,93,94)(H,95,96)(H,97,98)(H,99,100)(H,101,102)(H,103,104)/t32-,33+,34+,35+,51+,52+,53+,54+,55+,56+,57+,58+,59+,60-/m0/s1. The van der Waals surface area contributed by atoms with E-state index in [9.17, 15) is 179 Å². The Balaban J connectivity index is 2.78. The lowest BCUT2D eigenvalue weighted by molar-refractivity contribution is -0.341. The fourth-order valence-corrected chi connectivity index (χ4v) is 11.5. The van der Waals surface area contributed by atoms with Gasteiger partial charge in [-0.15, -0.1) is 0 Å². The van der Waals surface area contributed by atoms with Crippen molar-refractivity contribution in [2.45, 2.75) is 85.6 Å². The van der Waals surface area contributed by atoms with Crippen LogP contribution < -0.4 is 16.0 Å². The molecule has 14 atom stereocenters. The number of carbonyl (C=O) groups is 15. The van der Waals surface area contributed by atoms with Gasteiger partial charge in [0.15, 0.2) is 12.6 Å². The minimum Gasteiger partial charge on any atom is -0.480 e. The molecule has 0 aliphatic carbocycles. The van der Waals surface area contributed by atoms with E-state index in [1.165, 1.54) is 0 Å². The van der Waals surface area contributed by atoms with Gasteiger partial charge in [-0.1, -0.05) is 0 Å². The second-order valence-corrected chi connectivity index (χ2v) is 25.7. The zero-order valence-electron chi connectivity index (χ0n) is 60.2. The molecule has 3 amide bonds. The first-order valence-electron chi connectivity index (χ1n) is 33.9. The Kier molecular flexibility index (Phi) is 45.2. The Bertz CT molecular complexity index is 3050. The van der Waals surface area contributed by atoms with E-state index in [4.69, 9.17) is 18.9 Å². The van der Waals surface area contributed by atoms with Crippen molar-refractivity contribution in [1.82, 2.24) is 60.0 Å². The van der Waals surface area contributed by atoms with Gasteiger partial charge in [-0.05, 0) is 0 Å². The van der Waals surface area contributed by atoms with Gasteiger partial charge < -0.3 is 142 Å². The largest absolute Gasteiger partial charge is 0.480 e. The molecule has 0 aromatic heterocycles. The quantitative estimate of drug-likeness (QED) is 0.0269. The number of carboxylic acid groups (broad SMARTS) is 12. The summed E-state index contributed by atoms with van der Waals surface area (Å²) in [5.41, 5.74) is 0. The Labute approximate surface area is 634 Å². The van der Waals surface area contributed by atoms with Gasteiger partial charge >= 0.3 is 71.6 Å². The molecule has 0 radical (unpaired) electrons. The molecule has 640 valence electrons. The van der Waals surface area contributed by atoms with Crippen LogP contribution in [0.3, 0.4) is 0 Å². The number of aliphatic hydroxyl groups is 9. The molecule has 112 heavy (non-hydrogen) atoms. The number of amides is 3. The van der Waals surface area contributed by atoms with Crippen LogP contribution in [0, 0.1) is 0 Å². The van der Waals surface area contributed by atoms with Crippen LogP contribution in [-0.2, 0) is 90.9 Å². The highest BCUT2D eigenvalue weighted by Gasteiger charge is 2.54. The molecular weight excluding hydrogens is 1530 g/mol. The molecule has 2 heterocycles. The van der Waals surface area contributed by atoms with Gasteiger partial charge in [0.25, 0.3) is 0 Å². The number of aliphatic carboxylic acids is 12. The summed E-state index contributed by atoms with van der Waals surface area (Å²) in [5, 5.41) is 222. The summed E-state index contributed by atoms with van der Waals surface area (Å²) >= 11 is 0. The van der Waals surface area contributed by atoms with Crippen LogP contribution in [-0.4, -0.2) is 529 Å². The number of carbonyl (C=O) groups excluding carboxylic acids is 3. The number of hydrogen-bond acceptors (Lipinski definition) is 37. The van der Waals surface area contributed by atoms with E-state index in [0.717, 1.165) is 44.1 Å². The maximum Gasteiger partial charge on any atom is 0.317 e. The third-order valence-corrected chi connectivity index (χ3v) is 16.6. The van der Waals surface area contributed by atoms with Gasteiger partial charge in [-0.2, -0.15) is 0 Å². The first-order valence-corrected chi connectivity index (χ1v) is 33.9. The van der Waals surface area contributed by atoms with Gasteiger partial charge in [-0.3, -0.25) is 116 Å². The molecule has 0 bridgehead atoms. The van der Waals surface area contributed by atoms with E-state index < -0.39 is 332 Å². The summed E-state index contributed by atoms with van der Waals surface area (Å²) in [5.74, 6) is -21.6. The van der Waals surface area contributed by atoms with Crippen LogP contribution in [0.25, 0.3) is 0 Å². The fourth-order valence-electron chi connectivity index (χ4n) is 11.5. The van der Waals surface area contributed by atoms with Crippen LogP contribution in [0.2, 0.25) is 0 Å². The lowest BCUT2D eigenvalue weighted by Gasteiger charge is -2.49. The molecule has 2 rings (SSSR count). The van der Waals surface area contributed by atoms with Gasteiger partial charge in [0.1, 0.15) is 67.0 Å². The number of hydrogen-bond donors (Lipinski definition) is 24. The SMILES string of the molecule is O=C(O)CN(CCN(CC(=O)O)CC(=O)O)CCN(CC(=O)O)CC(=O)N[C@H]1[C@H](O[C@@H]([C@H](O)[C@H](CO)NC(=O)CN(CCN(CCN(CC(=O)O)CC(=O)O)CC(=O)O)CC(=O)O)[C@H](O)CO)O[C@H](CO)[C@@H](O[C@H]2O[C@H](CO)[C@@H](O)[C@H](O)[C@H]2NC(=O)CN(CCN(CCN(CC(=O)O)CC(=O)O)CC(=O)O)CC(=O)O)[C@@H]1O. The molecule has 52 nitrogen and oxygen atoms in total. The van der Waals surface area contributed by atoms with Crippen LogP contribution >= 0.6 is 0 Å². The molecule has 2 aliphatic rings. The monoisotopic (exact) mass is 1630 g/mol. The topological polar surface area (TPSA) is 783 Å². The van der Waals surface area contributed by atoms with Gasteiger partial charge in [0, 0.05) is 78.5 Å². The highest BCUT2D eigenvalue weighted by molar-refractivity contribution is 5.81. The van der Waals surface area contributed by atoms with Crippen LogP contribution in [0.1, 0.15) is 0 Å². The van der Waals surface area contributed by atoms with Gasteiger partial charge in [0.05, 0.1) is 131 Å². The number of carboxylic acids is 12. The van der Waals surface area contributed by atoms with Crippen LogP contribution in [0.5, 0.6) is 0 Å². The number of ether oxygens (including phenoxy) is 4. The number of aliphatic hydroxyl groups excluding tert-OH is 9. The second-order valence-electron chi connectivity index (χ2n) is 25.7. The normalized spacial score (nSPS) is 21.1. The van der Waals surface area contributed by atoms with Crippen molar-refractivity contribution >= 4 is 89.4 Å². The Morgan fingerprint density at radius 2 is 0.580 bits per heavy atom. The molecule has 52 heteroatoms. The molecule has 0 spiro atoms. The average molecular weight is 1630 g/mol. The van der Waals surface area contributed by atoms with E-state index in [1.807, 2.05) is 0 Å². The molecule has 24 N–H and O–H groups in total. The van der Waals surface area contributed by atoms with Crippen molar-refractivity contribution in [1.29, 1.82) is 0 Å². The third kappa shape index (κ3) is 39.1. The average Bonchev–Trinajstić information content (AvgIpc) is 0.773. The summed E-state index contributed by atoms with van der Waals surface area (Å²) in [6.07, 6.45) is -25.3. The van der Waals surface area contributed by atoms with E-state index in [-0.39, 0.29) is 45.8 Å². The highest BCUT2D eigenvalue weighted by Crippen LogP contribution is 2.31. The molecule has 2 aliphatic heterocycles. The van der Waals surface area contributed by atoms with E-state index in [1.54, 1.807) is 0 Å². The Morgan fingerprint density at radius 1 is 0.321 bits per heavy atom. The molecule has 0 saturated carbocycles. The first-order chi connectivity index (χ1) is 52.5. The van der Waals surface area contributed by atoms with Crippen molar-refractivity contribution in [2.75, 3.05) is 203 Å². The van der Waals surface area contributed by atoms with Gasteiger partial charge in [0.2, 0.25) is 17.7 Å². The second kappa shape index (κ2) is 51.0. The number of rotatable bonds is 62. The predicted octanol–water partition coefficient (Wildman–Crippen LogP) is -15.8. The zero-order valence-corrected chi connectivity index (χ0v) is 60.2. The molecular formula is C60H100N12O40. The van der Waals surface area contributed by atoms with Crippen molar-refractivity contribution in [2.24, 2.45) is 0 Å². The number of nitrogens with one attached hydrogen (secondary N) is 3. The first kappa shape index (κ1) is 99.2. The Morgan fingerprint density at radius 3 is 0.857 bits per heavy atom. The minimum absolute atomic E-state index is 0.314. The van der Waals surface area contributed by atoms with Crippen molar-refractivity contribution in [3.8, 4) is 0 Å². The summed E-state index contributed by atoms with van der Waals surface area (Å²) in [4.78, 5) is 192. The molecule has 0 aromatic rings. The maximum atomic E-state index is 14.5. The Hall–Kier alpha value is -8.83. The molecule has 2 saturated heterocycles. The van der Waals surface area contributed by atoms with E-state index in [2.05, 4.69) is 16.0 Å². The summed E-state index contributed by atoms with van der Waals surface area (Å²) in [6, 6.07) is -6.50. The van der Waals surface area contributed by atoms with Crippen molar-refractivity contribution in [3.05, 3.63) is 0 Å². The maximum absolute atomic E-state index is 14.5. The number of nitrogens with zero attached hydrogens (tertiary/aromatic N) is 9.